The van der Waals surface area contributed by atoms with Gasteiger partial charge in [-0.05, 0) is 36.6 Å². The Labute approximate surface area is 128 Å². The lowest BCUT2D eigenvalue weighted by atomic mass is 10.2. The van der Waals surface area contributed by atoms with Crippen molar-refractivity contribution < 1.29 is 19.1 Å². The zero-order chi connectivity index (χ0) is 14.5. The number of benzene rings is 1. The monoisotopic (exact) mass is 354 g/mol. The third-order valence-electron chi connectivity index (χ3n) is 2.36. The maximum atomic E-state index is 11.9. The minimum Gasteiger partial charge on any atom is -0.462 e. The fraction of sp³-hybridized carbons (Fsp3) is 0.143. The Morgan fingerprint density at radius 3 is 2.70 bits per heavy atom. The molecule has 104 valence electrons. The Hall–Kier alpha value is -1.66. The van der Waals surface area contributed by atoms with Crippen LogP contribution in [0.2, 0.25) is 0 Å². The van der Waals surface area contributed by atoms with Gasteiger partial charge in [0.05, 0.1) is 6.61 Å². The molecule has 20 heavy (non-hydrogen) atoms. The van der Waals surface area contributed by atoms with Crippen molar-refractivity contribution in [1.29, 1.82) is 0 Å². The van der Waals surface area contributed by atoms with Crippen LogP contribution in [0.5, 0.6) is 5.75 Å². The maximum absolute atomic E-state index is 11.9. The molecule has 0 unspecified atom stereocenters. The molecule has 0 spiro atoms. The lowest BCUT2D eigenvalue weighted by Crippen LogP contribution is -2.12. The van der Waals surface area contributed by atoms with E-state index in [1.165, 1.54) is 11.3 Å². The summed E-state index contributed by atoms with van der Waals surface area (Å²) in [6.07, 6.45) is 0. The molecule has 0 aliphatic rings. The summed E-state index contributed by atoms with van der Waals surface area (Å²) in [5.41, 5.74) is 0.214. The van der Waals surface area contributed by atoms with E-state index < -0.39 is 11.9 Å². The highest BCUT2D eigenvalue weighted by atomic mass is 79.9. The first-order chi connectivity index (χ1) is 9.61. The van der Waals surface area contributed by atoms with E-state index in [-0.39, 0.29) is 17.9 Å². The molecular weight excluding hydrogens is 344 g/mol. The van der Waals surface area contributed by atoms with Crippen LogP contribution in [-0.2, 0) is 4.74 Å². The molecule has 0 saturated carbocycles. The van der Waals surface area contributed by atoms with Crippen LogP contribution < -0.4 is 4.74 Å². The Kier molecular flexibility index (Phi) is 4.92. The Morgan fingerprint density at radius 2 is 2.05 bits per heavy atom. The van der Waals surface area contributed by atoms with Crippen molar-refractivity contribution in [3.8, 4) is 5.75 Å². The standard InChI is InChI=1S/C14H11BrO4S/c1-2-18-13(16)10-8-9(15)5-6-11(10)19-14(17)12-4-3-7-20-12/h3-8H,2H2,1H3. The summed E-state index contributed by atoms with van der Waals surface area (Å²) in [7, 11) is 0. The Bertz CT molecular complexity index is 622. The topological polar surface area (TPSA) is 52.6 Å². The first-order valence-corrected chi connectivity index (χ1v) is 7.51. The van der Waals surface area contributed by atoms with Crippen molar-refractivity contribution in [3.05, 3.63) is 50.6 Å². The van der Waals surface area contributed by atoms with Crippen LogP contribution in [0, 0.1) is 0 Å². The molecule has 6 heteroatoms. The molecule has 1 aromatic carbocycles. The number of thiophene rings is 1. The van der Waals surface area contributed by atoms with Gasteiger partial charge in [-0.1, -0.05) is 22.0 Å². The highest BCUT2D eigenvalue weighted by molar-refractivity contribution is 9.10. The van der Waals surface area contributed by atoms with Gasteiger partial charge in [-0.2, -0.15) is 0 Å². The maximum Gasteiger partial charge on any atom is 0.353 e. The molecule has 0 atom stereocenters. The highest BCUT2D eigenvalue weighted by Gasteiger charge is 2.18. The number of ether oxygens (including phenoxy) is 2. The fourth-order valence-corrected chi connectivity index (χ4v) is 2.46. The van der Waals surface area contributed by atoms with Crippen molar-refractivity contribution in [3.63, 3.8) is 0 Å². The lowest BCUT2D eigenvalue weighted by molar-refractivity contribution is 0.0520. The van der Waals surface area contributed by atoms with E-state index in [2.05, 4.69) is 15.9 Å². The van der Waals surface area contributed by atoms with E-state index in [0.717, 1.165) is 0 Å². The summed E-state index contributed by atoms with van der Waals surface area (Å²) >= 11 is 4.55. The zero-order valence-corrected chi connectivity index (χ0v) is 13.0. The molecule has 2 rings (SSSR count). The second-order valence-corrected chi connectivity index (χ2v) is 5.59. The smallest absolute Gasteiger partial charge is 0.353 e. The van der Waals surface area contributed by atoms with Crippen LogP contribution in [0.4, 0.5) is 0 Å². The van der Waals surface area contributed by atoms with Gasteiger partial charge in [-0.15, -0.1) is 11.3 Å². The summed E-state index contributed by atoms with van der Waals surface area (Å²) in [4.78, 5) is 24.2. The van der Waals surface area contributed by atoms with Crippen LogP contribution in [-0.4, -0.2) is 18.5 Å². The van der Waals surface area contributed by atoms with E-state index in [1.54, 1.807) is 42.6 Å². The summed E-state index contributed by atoms with van der Waals surface area (Å²) in [6.45, 7) is 1.97. The number of carbonyl (C=O) groups is 2. The van der Waals surface area contributed by atoms with Crippen LogP contribution in [0.1, 0.15) is 27.0 Å². The summed E-state index contributed by atoms with van der Waals surface area (Å²) in [5, 5.41) is 1.78. The quantitative estimate of drug-likeness (QED) is 0.617. The van der Waals surface area contributed by atoms with Crippen LogP contribution >= 0.6 is 27.3 Å². The SMILES string of the molecule is CCOC(=O)c1cc(Br)ccc1OC(=O)c1cccs1. The minimum absolute atomic E-state index is 0.185. The van der Waals surface area contributed by atoms with Gasteiger partial charge in [0.25, 0.3) is 0 Å². The number of carbonyl (C=O) groups excluding carboxylic acids is 2. The van der Waals surface area contributed by atoms with Gasteiger partial charge in [0.2, 0.25) is 0 Å². The van der Waals surface area contributed by atoms with Crippen LogP contribution in [0.25, 0.3) is 0 Å². The number of esters is 2. The van der Waals surface area contributed by atoms with E-state index in [0.29, 0.717) is 9.35 Å². The predicted molar refractivity (Wildman–Crippen MR) is 79.4 cm³/mol. The van der Waals surface area contributed by atoms with Gasteiger partial charge in [-0.3, -0.25) is 0 Å². The molecule has 0 N–H and O–H groups in total. The first-order valence-electron chi connectivity index (χ1n) is 5.84. The van der Waals surface area contributed by atoms with E-state index in [9.17, 15) is 9.59 Å². The molecule has 4 nitrogen and oxygen atoms in total. The second kappa shape index (κ2) is 6.67. The van der Waals surface area contributed by atoms with Gasteiger partial charge >= 0.3 is 11.9 Å². The van der Waals surface area contributed by atoms with Crippen molar-refractivity contribution >= 4 is 39.2 Å². The Balaban J connectivity index is 2.27. The molecule has 1 aromatic heterocycles. The molecule has 0 aliphatic heterocycles. The van der Waals surface area contributed by atoms with Crippen molar-refractivity contribution in [2.45, 2.75) is 6.92 Å². The van der Waals surface area contributed by atoms with Gasteiger partial charge < -0.3 is 9.47 Å². The molecule has 0 saturated heterocycles. The Morgan fingerprint density at radius 1 is 1.25 bits per heavy atom. The molecule has 0 bridgehead atoms. The molecule has 0 amide bonds. The third kappa shape index (κ3) is 3.46. The highest BCUT2D eigenvalue weighted by Crippen LogP contribution is 2.25. The normalized spacial score (nSPS) is 10.1. The second-order valence-electron chi connectivity index (χ2n) is 3.73. The molecule has 0 aliphatic carbocycles. The summed E-state index contributed by atoms with van der Waals surface area (Å²) in [5.74, 6) is -0.833. The van der Waals surface area contributed by atoms with Crippen LogP contribution in [0.3, 0.4) is 0 Å². The van der Waals surface area contributed by atoms with Gasteiger partial charge in [0, 0.05) is 4.47 Å². The van der Waals surface area contributed by atoms with Crippen molar-refractivity contribution in [2.24, 2.45) is 0 Å². The summed E-state index contributed by atoms with van der Waals surface area (Å²) < 4.78 is 10.9. The zero-order valence-electron chi connectivity index (χ0n) is 10.6. The number of rotatable bonds is 4. The van der Waals surface area contributed by atoms with E-state index in [4.69, 9.17) is 9.47 Å². The predicted octanol–water partition coefficient (Wildman–Crippen LogP) is 3.91. The average molecular weight is 355 g/mol. The van der Waals surface area contributed by atoms with E-state index >= 15 is 0 Å². The summed E-state index contributed by atoms with van der Waals surface area (Å²) in [6, 6.07) is 8.24. The molecular formula is C14H11BrO4S. The van der Waals surface area contributed by atoms with E-state index in [1.807, 2.05) is 0 Å². The largest absolute Gasteiger partial charge is 0.462 e. The fourth-order valence-electron chi connectivity index (χ4n) is 1.50. The van der Waals surface area contributed by atoms with Gasteiger partial charge in [-0.25, -0.2) is 9.59 Å². The number of hydrogen-bond donors (Lipinski definition) is 0. The molecule has 1 heterocycles. The van der Waals surface area contributed by atoms with Crippen LogP contribution in [0.15, 0.2) is 40.2 Å². The van der Waals surface area contributed by atoms with Gasteiger partial charge in [0.15, 0.2) is 0 Å². The number of hydrogen-bond acceptors (Lipinski definition) is 5. The molecule has 0 radical (unpaired) electrons. The van der Waals surface area contributed by atoms with Gasteiger partial charge in [0.1, 0.15) is 16.2 Å². The first kappa shape index (κ1) is 14.7. The number of halogens is 1. The lowest BCUT2D eigenvalue weighted by Gasteiger charge is -2.09. The van der Waals surface area contributed by atoms with Crippen molar-refractivity contribution in [2.75, 3.05) is 6.61 Å². The molecule has 0 fully saturated rings. The average Bonchev–Trinajstić information content (AvgIpc) is 2.95. The minimum atomic E-state index is -0.525. The van der Waals surface area contributed by atoms with Crippen molar-refractivity contribution in [1.82, 2.24) is 0 Å². The third-order valence-corrected chi connectivity index (χ3v) is 3.71. The molecule has 2 aromatic rings.